The number of anilines is 1. The molecule has 18 heteroatoms. The SMILES string of the molecule is Cc1cc(N)nc(C)c1CNC(=O)c1cn(Cc2ccc3ncc(Cl)cc3c2)c2ccnc(C#N)c12.Clc1nccc2[nH]ccc12.N#Cc1nccc2[nH]ccc12.[C-]#N.[C-]#N.[Zn+2]. The van der Waals surface area contributed by atoms with Crippen molar-refractivity contribution in [3.8, 4) is 12.1 Å². The number of benzene rings is 1. The van der Waals surface area contributed by atoms with Gasteiger partial charge in [-0.2, -0.15) is 10.5 Å². The monoisotopic (exact) mass is 906 g/mol. The van der Waals surface area contributed by atoms with Gasteiger partial charge in [0.25, 0.3) is 5.91 Å². The number of aromatic nitrogens is 8. The van der Waals surface area contributed by atoms with Crippen molar-refractivity contribution in [2.24, 2.45) is 0 Å². The third kappa shape index (κ3) is 10.7. The first-order chi connectivity index (χ1) is 29.6. The maximum Gasteiger partial charge on any atom is 2.00 e. The standard InChI is InChI=1S/C27H22ClN7O.C8H5N3.C7H5ClN2.2CN.Zn/c1-15-7-25(30)34-16(2)20(15)12-33-27(36)21-14-35(24-5-6-31-23(10-29)26(21)24)13-17-3-4-22-18(8-17)9-19(28)11-32-22;9-5-8-6-1-3-10-7(6)2-4-11-8;8-7-5-1-3-9-6(5)2-4-10-7;2*1-2;/h3-9,11,14H,12-13H2,1-2H3,(H2,30,34)(H,33,36);1-4,10H;1-4,9H;;;/q;;;2*-1;+2. The molecule has 0 fully saturated rings. The molecule has 0 radical (unpaired) electrons. The number of aromatic amines is 2. The number of halogens is 2. The Bertz CT molecular complexity index is 3110. The Morgan fingerprint density at radius 2 is 1.48 bits per heavy atom. The fourth-order valence-electron chi connectivity index (χ4n) is 6.52. The van der Waals surface area contributed by atoms with Crippen LogP contribution >= 0.6 is 23.2 Å². The van der Waals surface area contributed by atoms with Gasteiger partial charge in [-0.25, -0.2) is 19.9 Å². The second-order valence-corrected chi connectivity index (χ2v) is 13.7. The minimum Gasteiger partial charge on any atom is -0.512 e. The van der Waals surface area contributed by atoms with Crippen LogP contribution in [0, 0.1) is 60.2 Å². The summed E-state index contributed by atoms with van der Waals surface area (Å²) in [4.78, 5) is 40.1. The largest absolute Gasteiger partial charge is 2.00 e. The van der Waals surface area contributed by atoms with E-state index in [2.05, 4.69) is 46.3 Å². The number of aryl methyl sites for hydroxylation is 2. The van der Waals surface area contributed by atoms with Gasteiger partial charge in [-0.1, -0.05) is 29.3 Å². The molecule has 0 aliphatic carbocycles. The van der Waals surface area contributed by atoms with Crippen LogP contribution in [0.4, 0.5) is 5.82 Å². The van der Waals surface area contributed by atoms with E-state index in [-0.39, 0.29) is 37.6 Å². The molecule has 0 unspecified atom stereocenters. The van der Waals surface area contributed by atoms with Crippen LogP contribution < -0.4 is 11.1 Å². The normalized spacial score (nSPS) is 9.90. The van der Waals surface area contributed by atoms with E-state index < -0.39 is 0 Å². The molecule has 5 N–H and O–H groups in total. The second-order valence-electron chi connectivity index (χ2n) is 12.9. The average molecular weight is 909 g/mol. The van der Waals surface area contributed by atoms with Crippen LogP contribution in [0.1, 0.15) is 44.1 Å². The van der Waals surface area contributed by atoms with Crippen LogP contribution in [-0.4, -0.2) is 45.4 Å². The van der Waals surface area contributed by atoms with Gasteiger partial charge in [-0.3, -0.25) is 9.78 Å². The molecule has 8 aromatic heterocycles. The third-order valence-corrected chi connectivity index (χ3v) is 9.73. The Morgan fingerprint density at radius 3 is 2.16 bits per heavy atom. The van der Waals surface area contributed by atoms with Crippen molar-refractivity contribution in [1.82, 2.24) is 44.8 Å². The zero-order valence-electron chi connectivity index (χ0n) is 33.1. The number of amides is 1. The van der Waals surface area contributed by atoms with Gasteiger partial charge in [0.15, 0.2) is 5.69 Å². The molecule has 0 saturated carbocycles. The summed E-state index contributed by atoms with van der Waals surface area (Å²) in [6, 6.07) is 23.0. The van der Waals surface area contributed by atoms with Crippen LogP contribution in [0.5, 0.6) is 0 Å². The Kier molecular flexibility index (Phi) is 16.7. The van der Waals surface area contributed by atoms with Gasteiger partial charge >= 0.3 is 19.5 Å². The summed E-state index contributed by atoms with van der Waals surface area (Å²) in [5.41, 5.74) is 14.1. The van der Waals surface area contributed by atoms with E-state index in [1.165, 1.54) is 0 Å². The molecule has 9 rings (SSSR count). The molecular formula is C44H32Cl2N14OZn. The predicted molar refractivity (Wildman–Crippen MR) is 231 cm³/mol. The summed E-state index contributed by atoms with van der Waals surface area (Å²) >= 11 is 11.9. The number of nitrogens with one attached hydrogen (secondary N) is 3. The van der Waals surface area contributed by atoms with E-state index >= 15 is 0 Å². The van der Waals surface area contributed by atoms with Crippen molar-refractivity contribution in [1.29, 1.82) is 21.0 Å². The topological polar surface area (TPSA) is 251 Å². The fourth-order valence-corrected chi connectivity index (χ4v) is 6.91. The quantitative estimate of drug-likeness (QED) is 0.0723. The van der Waals surface area contributed by atoms with E-state index in [1.807, 2.05) is 85.3 Å². The molecule has 0 aliphatic rings. The minimum atomic E-state index is -0.298. The molecule has 0 spiro atoms. The van der Waals surface area contributed by atoms with Crippen LogP contribution in [-0.2, 0) is 32.6 Å². The van der Waals surface area contributed by atoms with Crippen molar-refractivity contribution in [3.63, 3.8) is 0 Å². The van der Waals surface area contributed by atoms with Crippen LogP contribution in [0.3, 0.4) is 0 Å². The smallest absolute Gasteiger partial charge is 0.512 e. The third-order valence-electron chi connectivity index (χ3n) is 9.22. The van der Waals surface area contributed by atoms with Gasteiger partial charge < -0.3 is 49.3 Å². The molecule has 1 aromatic carbocycles. The summed E-state index contributed by atoms with van der Waals surface area (Å²) in [7, 11) is 0. The van der Waals surface area contributed by atoms with Crippen LogP contribution in [0.15, 0.2) is 104 Å². The van der Waals surface area contributed by atoms with E-state index in [0.717, 1.165) is 60.6 Å². The van der Waals surface area contributed by atoms with Crippen LogP contribution in [0.25, 0.3) is 43.6 Å². The number of nitrogens with zero attached hydrogens (tertiary/aromatic N) is 10. The molecule has 1 amide bonds. The maximum atomic E-state index is 13.3. The first kappa shape index (κ1) is 47.0. The number of hydrogen-bond donors (Lipinski definition) is 4. The first-order valence-corrected chi connectivity index (χ1v) is 18.7. The number of pyridine rings is 5. The Labute approximate surface area is 378 Å². The van der Waals surface area contributed by atoms with Gasteiger partial charge in [0.05, 0.1) is 27.1 Å². The molecule has 9 aromatic rings. The fraction of sp³-hybridized carbons (Fsp3) is 0.0909. The Hall–Kier alpha value is -7.72. The van der Waals surface area contributed by atoms with Crippen molar-refractivity contribution < 1.29 is 24.3 Å². The van der Waals surface area contributed by atoms with Gasteiger partial charge in [0.1, 0.15) is 28.8 Å². The predicted octanol–water partition coefficient (Wildman–Crippen LogP) is 8.52. The van der Waals surface area contributed by atoms with Crippen molar-refractivity contribution in [2.75, 3.05) is 5.73 Å². The second kappa shape index (κ2) is 22.0. The van der Waals surface area contributed by atoms with Crippen molar-refractivity contribution in [3.05, 3.63) is 167 Å². The first-order valence-electron chi connectivity index (χ1n) is 17.9. The van der Waals surface area contributed by atoms with E-state index in [0.29, 0.717) is 39.2 Å². The average Bonchev–Trinajstić information content (AvgIpc) is 4.05. The molecule has 8 heterocycles. The summed E-state index contributed by atoms with van der Waals surface area (Å²) in [6.45, 7) is 14.1. The number of hydrogen-bond acceptors (Lipinski definition) is 11. The van der Waals surface area contributed by atoms with Gasteiger partial charge in [-0.15, -0.1) is 0 Å². The van der Waals surface area contributed by atoms with Crippen LogP contribution in [0.2, 0.25) is 10.2 Å². The summed E-state index contributed by atoms with van der Waals surface area (Å²) < 4.78 is 1.95. The van der Waals surface area contributed by atoms with E-state index in [4.69, 9.17) is 57.9 Å². The van der Waals surface area contributed by atoms with Crippen molar-refractivity contribution in [2.45, 2.75) is 26.9 Å². The molecule has 300 valence electrons. The molecule has 15 nitrogen and oxygen atoms in total. The minimum absolute atomic E-state index is 0. The molecule has 62 heavy (non-hydrogen) atoms. The van der Waals surface area contributed by atoms with E-state index in [1.54, 1.807) is 43.2 Å². The van der Waals surface area contributed by atoms with Gasteiger partial charge in [0, 0.05) is 89.2 Å². The number of fused-ring (bicyclic) bond motifs is 4. The van der Waals surface area contributed by atoms with E-state index in [9.17, 15) is 10.1 Å². The van der Waals surface area contributed by atoms with Gasteiger partial charge in [0.2, 0.25) is 0 Å². The zero-order chi connectivity index (χ0) is 44.1. The Morgan fingerprint density at radius 1 is 0.839 bits per heavy atom. The molecular weight excluding hydrogens is 877 g/mol. The molecule has 0 aliphatic heterocycles. The summed E-state index contributed by atoms with van der Waals surface area (Å²) in [5.74, 6) is 0.146. The zero-order valence-corrected chi connectivity index (χ0v) is 37.6. The number of rotatable bonds is 5. The number of nitrogen functional groups attached to an aromatic ring is 1. The summed E-state index contributed by atoms with van der Waals surface area (Å²) in [5, 5.41) is 38.2. The van der Waals surface area contributed by atoms with Crippen molar-refractivity contribution >= 4 is 78.5 Å². The molecule has 0 atom stereocenters. The number of H-pyrrole nitrogens is 2. The van der Waals surface area contributed by atoms with Gasteiger partial charge in [-0.05, 0) is 85.1 Å². The summed E-state index contributed by atoms with van der Waals surface area (Å²) in [6.07, 6.45) is 11.9. The molecule has 0 bridgehead atoms. The maximum absolute atomic E-state index is 13.3. The number of nitriles is 2. The number of nitrogens with two attached hydrogens (primary N) is 1. The molecule has 0 saturated heterocycles. The Balaban J connectivity index is 0.000000262. The number of carbonyl (C=O) groups excluding carboxylic acids is 1. The number of carbonyl (C=O) groups is 1.